The number of nitrogens with one attached hydrogen (secondary N) is 1. The zero-order chi connectivity index (χ0) is 26.9. The molecule has 2 N–H and O–H groups in total. The molecule has 0 aromatic heterocycles. The molecule has 0 saturated carbocycles. The molecule has 2 atom stereocenters. The fourth-order valence-electron chi connectivity index (χ4n) is 4.77. The zero-order valence-electron chi connectivity index (χ0n) is 22.3. The quantitative estimate of drug-likeness (QED) is 0.367. The fraction of sp³-hybridized carbons (Fsp3) is 0.464. The molecule has 3 rings (SSSR count). The number of aryl methyl sites for hydroxylation is 1. The van der Waals surface area contributed by atoms with Gasteiger partial charge < -0.3 is 24.2 Å². The number of benzene rings is 2. The highest BCUT2D eigenvalue weighted by molar-refractivity contribution is 5.86. The van der Waals surface area contributed by atoms with Crippen molar-refractivity contribution in [3.63, 3.8) is 0 Å². The molecule has 0 heterocycles. The third-order valence-corrected chi connectivity index (χ3v) is 6.62. The van der Waals surface area contributed by atoms with Gasteiger partial charge in [0.2, 0.25) is 5.91 Å². The van der Waals surface area contributed by atoms with E-state index in [0.717, 1.165) is 16.7 Å². The molecule has 0 radical (unpaired) electrons. The van der Waals surface area contributed by atoms with Crippen LogP contribution in [0.25, 0.3) is 0 Å². The number of esters is 1. The van der Waals surface area contributed by atoms with Crippen molar-refractivity contribution < 1.29 is 33.7 Å². The van der Waals surface area contributed by atoms with Crippen LogP contribution in [0.2, 0.25) is 0 Å². The summed E-state index contributed by atoms with van der Waals surface area (Å²) in [7, 11) is 3.12. The predicted molar refractivity (Wildman–Crippen MR) is 145 cm³/mol. The Kier molecular flexibility index (Phi) is 11.9. The Labute approximate surface area is 229 Å². The lowest BCUT2D eigenvalue weighted by Crippen LogP contribution is -2.54. The summed E-state index contributed by atoms with van der Waals surface area (Å²) in [5.41, 5.74) is 3.18. The highest BCUT2D eigenvalue weighted by Crippen LogP contribution is 2.28. The summed E-state index contributed by atoms with van der Waals surface area (Å²) in [6.45, 7) is 3.19. The van der Waals surface area contributed by atoms with Crippen molar-refractivity contribution in [2.24, 2.45) is 0 Å². The van der Waals surface area contributed by atoms with Gasteiger partial charge in [-0.2, -0.15) is 0 Å². The molecule has 2 aromatic carbocycles. The minimum Gasteiger partial charge on any atom is -0.493 e. The van der Waals surface area contributed by atoms with E-state index in [2.05, 4.69) is 5.32 Å². The number of carboxylic acid groups (broad SMARTS) is 1. The fourth-order valence-corrected chi connectivity index (χ4v) is 4.77. The monoisotopic (exact) mass is 548 g/mol. The second-order valence-electron chi connectivity index (χ2n) is 9.11. The molecule has 10 heteroatoms. The van der Waals surface area contributed by atoms with Gasteiger partial charge in [-0.15, -0.1) is 12.4 Å². The van der Waals surface area contributed by atoms with Crippen LogP contribution >= 0.6 is 12.4 Å². The van der Waals surface area contributed by atoms with Gasteiger partial charge in [0.25, 0.3) is 0 Å². The molecule has 1 aliphatic rings. The minimum atomic E-state index is -1.08. The Balaban J connectivity index is 0.00000507. The largest absolute Gasteiger partial charge is 0.493 e. The molecule has 38 heavy (non-hydrogen) atoms. The van der Waals surface area contributed by atoms with E-state index in [1.165, 1.54) is 4.90 Å². The van der Waals surface area contributed by atoms with Crippen LogP contribution in [0.5, 0.6) is 11.5 Å². The third-order valence-electron chi connectivity index (χ3n) is 6.62. The third kappa shape index (κ3) is 7.85. The summed E-state index contributed by atoms with van der Waals surface area (Å²) in [6.07, 6.45) is 2.10. The number of hydrogen-bond donors (Lipinski definition) is 2. The lowest BCUT2D eigenvalue weighted by Gasteiger charge is -2.31. The Bertz CT molecular complexity index is 1090. The topological polar surface area (TPSA) is 114 Å². The van der Waals surface area contributed by atoms with Gasteiger partial charge in [0.05, 0.1) is 26.9 Å². The Morgan fingerprint density at radius 3 is 2.24 bits per heavy atom. The van der Waals surface area contributed by atoms with Gasteiger partial charge >= 0.3 is 11.9 Å². The Hall–Kier alpha value is -3.30. The molecular weight excluding hydrogens is 512 g/mol. The summed E-state index contributed by atoms with van der Waals surface area (Å²) >= 11 is 0. The van der Waals surface area contributed by atoms with Gasteiger partial charge in [0.1, 0.15) is 12.6 Å². The zero-order valence-corrected chi connectivity index (χ0v) is 23.1. The number of aliphatic carboxylic acids is 1. The van der Waals surface area contributed by atoms with E-state index < -0.39 is 30.6 Å². The van der Waals surface area contributed by atoms with E-state index in [-0.39, 0.29) is 31.0 Å². The molecule has 0 spiro atoms. The summed E-state index contributed by atoms with van der Waals surface area (Å²) in [4.78, 5) is 39.3. The molecule has 208 valence electrons. The average molecular weight is 549 g/mol. The van der Waals surface area contributed by atoms with E-state index in [0.29, 0.717) is 37.2 Å². The van der Waals surface area contributed by atoms with Crippen LogP contribution in [-0.4, -0.2) is 73.3 Å². The molecule has 0 fully saturated rings. The molecule has 0 bridgehead atoms. The normalized spacial score (nSPS) is 14.0. The highest BCUT2D eigenvalue weighted by Gasteiger charge is 2.34. The number of rotatable bonds is 13. The highest BCUT2D eigenvalue weighted by atomic mass is 35.5. The van der Waals surface area contributed by atoms with Crippen molar-refractivity contribution in [3.8, 4) is 11.5 Å². The first-order valence-corrected chi connectivity index (χ1v) is 12.5. The van der Waals surface area contributed by atoms with Crippen LogP contribution in [-0.2, 0) is 38.4 Å². The van der Waals surface area contributed by atoms with Crippen molar-refractivity contribution >= 4 is 30.3 Å². The average Bonchev–Trinajstić information content (AvgIpc) is 3.33. The second-order valence-corrected chi connectivity index (χ2v) is 9.11. The lowest BCUT2D eigenvalue weighted by atomic mass is 10.0. The lowest BCUT2D eigenvalue weighted by molar-refractivity contribution is -0.149. The molecular formula is C28H37ClN2O7. The summed E-state index contributed by atoms with van der Waals surface area (Å²) in [5, 5.41) is 12.6. The van der Waals surface area contributed by atoms with Crippen LogP contribution in [0.3, 0.4) is 0 Å². The molecule has 1 unspecified atom stereocenters. The SMILES string of the molecule is CCOC(=O)C(CCc1ccc(OC)c(OC)c1)N[C@@H](C)C(=O)N(CC(=O)O)C1Cc2ccccc2C1.Cl. The summed E-state index contributed by atoms with van der Waals surface area (Å²) < 4.78 is 15.9. The number of amides is 1. The van der Waals surface area contributed by atoms with E-state index in [1.807, 2.05) is 36.4 Å². The number of hydrogen-bond acceptors (Lipinski definition) is 7. The molecule has 1 aliphatic carbocycles. The number of carboxylic acids is 1. The van der Waals surface area contributed by atoms with Crippen LogP contribution in [0, 0.1) is 0 Å². The van der Waals surface area contributed by atoms with Crippen LogP contribution in [0.4, 0.5) is 0 Å². The van der Waals surface area contributed by atoms with E-state index in [4.69, 9.17) is 14.2 Å². The van der Waals surface area contributed by atoms with E-state index in [1.54, 1.807) is 34.1 Å². The van der Waals surface area contributed by atoms with Crippen LogP contribution < -0.4 is 14.8 Å². The number of nitrogens with zero attached hydrogens (tertiary/aromatic N) is 1. The summed E-state index contributed by atoms with van der Waals surface area (Å²) in [6, 6.07) is 11.6. The first-order chi connectivity index (χ1) is 17.8. The number of fused-ring (bicyclic) bond motifs is 1. The maximum atomic E-state index is 13.5. The second kappa shape index (κ2) is 14.6. The van der Waals surface area contributed by atoms with Gasteiger partial charge in [0, 0.05) is 6.04 Å². The Morgan fingerprint density at radius 2 is 1.68 bits per heavy atom. The first kappa shape index (κ1) is 30.9. The predicted octanol–water partition coefficient (Wildman–Crippen LogP) is 3.05. The smallest absolute Gasteiger partial charge is 0.323 e. The molecule has 0 aliphatic heterocycles. The van der Waals surface area contributed by atoms with Crippen LogP contribution in [0.1, 0.15) is 37.0 Å². The van der Waals surface area contributed by atoms with Crippen molar-refractivity contribution in [1.29, 1.82) is 0 Å². The van der Waals surface area contributed by atoms with Gasteiger partial charge in [-0.3, -0.25) is 19.7 Å². The van der Waals surface area contributed by atoms with Crippen molar-refractivity contribution in [1.82, 2.24) is 10.2 Å². The van der Waals surface area contributed by atoms with Gasteiger partial charge in [-0.25, -0.2) is 0 Å². The first-order valence-electron chi connectivity index (χ1n) is 12.5. The number of carbonyl (C=O) groups excluding carboxylic acids is 2. The molecule has 0 saturated heterocycles. The van der Waals surface area contributed by atoms with Crippen molar-refractivity contribution in [2.45, 2.75) is 57.7 Å². The number of carbonyl (C=O) groups is 3. The van der Waals surface area contributed by atoms with Gasteiger partial charge in [0.15, 0.2) is 11.5 Å². The number of halogens is 1. The van der Waals surface area contributed by atoms with Gasteiger partial charge in [-0.1, -0.05) is 30.3 Å². The maximum Gasteiger partial charge on any atom is 0.323 e. The van der Waals surface area contributed by atoms with E-state index >= 15 is 0 Å². The Morgan fingerprint density at radius 1 is 1.05 bits per heavy atom. The van der Waals surface area contributed by atoms with Crippen molar-refractivity contribution in [2.75, 3.05) is 27.4 Å². The minimum absolute atomic E-state index is 0. The van der Waals surface area contributed by atoms with Crippen LogP contribution in [0.15, 0.2) is 42.5 Å². The maximum absolute atomic E-state index is 13.5. The van der Waals surface area contributed by atoms with E-state index in [9.17, 15) is 19.5 Å². The molecule has 9 nitrogen and oxygen atoms in total. The number of ether oxygens (including phenoxy) is 3. The molecule has 1 amide bonds. The van der Waals surface area contributed by atoms with Crippen molar-refractivity contribution in [3.05, 3.63) is 59.2 Å². The summed E-state index contributed by atoms with van der Waals surface area (Å²) in [5.74, 6) is -0.697. The van der Waals surface area contributed by atoms with Gasteiger partial charge in [-0.05, 0) is 68.4 Å². The standard InChI is InChI=1S/C28H36N2O7.ClH/c1-5-37-28(34)23(12-10-19-11-13-24(35-3)25(14-19)36-4)29-18(2)27(33)30(17-26(31)32)22-15-20-8-6-7-9-21(20)16-22;/h6-9,11,13-14,18,22-23,29H,5,10,12,15-17H2,1-4H3,(H,31,32);1H/t18-,23?;/m0./s1. The molecule has 2 aromatic rings. The number of methoxy groups -OCH3 is 2.